The number of hydrogen-bond donors (Lipinski definition) is 1. The van der Waals surface area contributed by atoms with Gasteiger partial charge < -0.3 is 14.3 Å². The number of nitrogens with one attached hydrogen (secondary N) is 1. The van der Waals surface area contributed by atoms with Crippen molar-refractivity contribution >= 4 is 11.4 Å². The van der Waals surface area contributed by atoms with E-state index >= 15 is 0 Å². The molecule has 0 bridgehead atoms. The van der Waals surface area contributed by atoms with Crippen LogP contribution in [0, 0.1) is 0 Å². The van der Waals surface area contributed by atoms with Crippen molar-refractivity contribution < 1.29 is 9.21 Å². The Morgan fingerprint density at radius 3 is 2.91 bits per heavy atom. The standard InChI is InChI=1S/C24H22N8O2/c1-14(2)15-6-5-10-32-19(15)12-18(30-32)21-20-16(26-13-27-20)8-11-31(21)24(33)23-29-28-22(34-23)17-7-3-4-9-25-17/h3-7,9-10,12-14,21H,8,11H2,1-2H3,(H,26,27)/t21-/m1/s1. The Hall–Kier alpha value is -4.34. The molecule has 170 valence electrons. The summed E-state index contributed by atoms with van der Waals surface area (Å²) in [5.41, 5.74) is 5.22. The molecule has 0 saturated heterocycles. The van der Waals surface area contributed by atoms with Gasteiger partial charge in [0.25, 0.3) is 5.89 Å². The number of aromatic nitrogens is 7. The molecule has 0 unspecified atom stereocenters. The zero-order chi connectivity index (χ0) is 23.2. The second-order valence-electron chi connectivity index (χ2n) is 8.56. The second-order valence-corrected chi connectivity index (χ2v) is 8.56. The molecule has 34 heavy (non-hydrogen) atoms. The highest BCUT2D eigenvalue weighted by atomic mass is 16.4. The first-order chi connectivity index (χ1) is 16.6. The quantitative estimate of drug-likeness (QED) is 0.442. The van der Waals surface area contributed by atoms with E-state index in [1.807, 2.05) is 28.9 Å². The maximum absolute atomic E-state index is 13.6. The molecule has 10 nitrogen and oxygen atoms in total. The normalized spacial score (nSPS) is 15.7. The van der Waals surface area contributed by atoms with Gasteiger partial charge >= 0.3 is 11.8 Å². The van der Waals surface area contributed by atoms with Crippen LogP contribution in [-0.4, -0.2) is 52.1 Å². The number of nitrogens with zero attached hydrogens (tertiary/aromatic N) is 7. The minimum absolute atomic E-state index is 0.0868. The Bertz CT molecular complexity index is 1480. The van der Waals surface area contributed by atoms with Gasteiger partial charge in [-0.15, -0.1) is 10.2 Å². The molecule has 6 heterocycles. The number of aromatic amines is 1. The molecular formula is C24H22N8O2. The van der Waals surface area contributed by atoms with Crippen LogP contribution in [0.15, 0.2) is 59.5 Å². The first-order valence-corrected chi connectivity index (χ1v) is 11.2. The number of carbonyl (C=O) groups is 1. The molecule has 0 spiro atoms. The van der Waals surface area contributed by atoms with Crippen molar-refractivity contribution in [3.63, 3.8) is 0 Å². The number of imidazole rings is 1. The van der Waals surface area contributed by atoms with Crippen molar-refractivity contribution in [1.82, 2.24) is 39.7 Å². The van der Waals surface area contributed by atoms with Gasteiger partial charge in [-0.1, -0.05) is 26.0 Å². The van der Waals surface area contributed by atoms with Crippen LogP contribution in [-0.2, 0) is 6.42 Å². The summed E-state index contributed by atoms with van der Waals surface area (Å²) in [5.74, 6) is 0.0831. The lowest BCUT2D eigenvalue weighted by Crippen LogP contribution is -2.41. The minimum Gasteiger partial charge on any atom is -0.411 e. The minimum atomic E-state index is -0.479. The number of pyridine rings is 2. The third-order valence-electron chi connectivity index (χ3n) is 6.13. The number of carbonyl (C=O) groups excluding carboxylic acids is 1. The predicted molar refractivity (Wildman–Crippen MR) is 122 cm³/mol. The summed E-state index contributed by atoms with van der Waals surface area (Å²) in [5, 5.41) is 12.9. The lowest BCUT2D eigenvalue weighted by atomic mass is 9.98. The Kier molecular flexibility index (Phi) is 4.72. The zero-order valence-electron chi connectivity index (χ0n) is 18.7. The van der Waals surface area contributed by atoms with Gasteiger partial charge in [0, 0.05) is 31.1 Å². The van der Waals surface area contributed by atoms with Gasteiger partial charge in [0.05, 0.1) is 23.2 Å². The number of fused-ring (bicyclic) bond motifs is 2. The maximum Gasteiger partial charge on any atom is 0.312 e. The fraction of sp³-hybridized carbons (Fsp3) is 0.250. The summed E-state index contributed by atoms with van der Waals surface area (Å²) in [6, 6.07) is 11.0. The molecule has 1 N–H and O–H groups in total. The topological polar surface area (TPSA) is 118 Å². The molecule has 1 atom stereocenters. The average molecular weight is 454 g/mol. The molecule has 1 amide bonds. The van der Waals surface area contributed by atoms with Gasteiger partial charge in [-0.25, -0.2) is 9.50 Å². The maximum atomic E-state index is 13.6. The summed E-state index contributed by atoms with van der Waals surface area (Å²) in [6.07, 6.45) is 5.86. The van der Waals surface area contributed by atoms with Crippen LogP contribution in [0.25, 0.3) is 17.1 Å². The lowest BCUT2D eigenvalue weighted by Gasteiger charge is -2.32. The molecule has 1 aliphatic rings. The van der Waals surface area contributed by atoms with Crippen molar-refractivity contribution in [2.75, 3.05) is 6.54 Å². The van der Waals surface area contributed by atoms with Gasteiger partial charge in [0.1, 0.15) is 11.7 Å². The largest absolute Gasteiger partial charge is 0.411 e. The second kappa shape index (κ2) is 7.91. The summed E-state index contributed by atoms with van der Waals surface area (Å²) in [6.45, 7) is 4.77. The van der Waals surface area contributed by atoms with E-state index in [2.05, 4.69) is 45.1 Å². The van der Waals surface area contributed by atoms with E-state index in [0.717, 1.165) is 22.6 Å². The Morgan fingerprint density at radius 1 is 1.18 bits per heavy atom. The molecule has 5 aromatic rings. The zero-order valence-corrected chi connectivity index (χ0v) is 18.7. The Labute approximate surface area is 194 Å². The fourth-order valence-electron chi connectivity index (χ4n) is 4.50. The van der Waals surface area contributed by atoms with Crippen LogP contribution in [0.2, 0.25) is 0 Å². The highest BCUT2D eigenvalue weighted by molar-refractivity contribution is 5.90. The lowest BCUT2D eigenvalue weighted by molar-refractivity contribution is 0.0646. The van der Waals surface area contributed by atoms with Gasteiger partial charge in [0.2, 0.25) is 0 Å². The SMILES string of the molecule is CC(C)c1cccn2nc([C@@H]3c4nc[nH]c4CCN3C(=O)c3nnc(-c4ccccn4)o3)cc12. The Balaban J connectivity index is 1.42. The van der Waals surface area contributed by atoms with Gasteiger partial charge in [-0.05, 0) is 35.7 Å². The highest BCUT2D eigenvalue weighted by Gasteiger charge is 2.38. The molecular weight excluding hydrogens is 432 g/mol. The van der Waals surface area contributed by atoms with E-state index in [0.29, 0.717) is 24.6 Å². The van der Waals surface area contributed by atoms with E-state index < -0.39 is 6.04 Å². The molecule has 10 heteroatoms. The summed E-state index contributed by atoms with van der Waals surface area (Å²) >= 11 is 0. The summed E-state index contributed by atoms with van der Waals surface area (Å²) in [4.78, 5) is 27.3. The number of H-pyrrole nitrogens is 1. The van der Waals surface area contributed by atoms with Crippen LogP contribution >= 0.6 is 0 Å². The molecule has 0 radical (unpaired) electrons. The van der Waals surface area contributed by atoms with Crippen LogP contribution in [0.1, 0.15) is 59.1 Å². The highest BCUT2D eigenvalue weighted by Crippen LogP contribution is 2.35. The first-order valence-electron chi connectivity index (χ1n) is 11.2. The van der Waals surface area contributed by atoms with Crippen molar-refractivity contribution in [1.29, 1.82) is 0 Å². The smallest absolute Gasteiger partial charge is 0.312 e. The van der Waals surface area contributed by atoms with E-state index in [1.165, 1.54) is 5.56 Å². The molecule has 0 fully saturated rings. The molecule has 0 aromatic carbocycles. The third-order valence-corrected chi connectivity index (χ3v) is 6.13. The average Bonchev–Trinajstić information content (AvgIpc) is 3.62. The van der Waals surface area contributed by atoms with Crippen LogP contribution in [0.4, 0.5) is 0 Å². The van der Waals surface area contributed by atoms with Crippen molar-refractivity contribution in [3.05, 3.63) is 83.7 Å². The fourth-order valence-corrected chi connectivity index (χ4v) is 4.50. The molecule has 0 saturated carbocycles. The first kappa shape index (κ1) is 20.3. The Morgan fingerprint density at radius 2 is 2.09 bits per heavy atom. The molecule has 6 rings (SSSR count). The van der Waals surface area contributed by atoms with E-state index in [-0.39, 0.29) is 17.7 Å². The monoisotopic (exact) mass is 454 g/mol. The molecule has 0 aliphatic carbocycles. The van der Waals surface area contributed by atoms with Crippen molar-refractivity contribution in [3.8, 4) is 11.6 Å². The summed E-state index contributed by atoms with van der Waals surface area (Å²) < 4.78 is 7.58. The van der Waals surface area contributed by atoms with Crippen molar-refractivity contribution in [2.24, 2.45) is 0 Å². The van der Waals surface area contributed by atoms with Gasteiger partial charge in [-0.2, -0.15) is 5.10 Å². The number of hydrogen-bond acceptors (Lipinski definition) is 7. The van der Waals surface area contributed by atoms with E-state index in [9.17, 15) is 4.79 Å². The van der Waals surface area contributed by atoms with Crippen LogP contribution in [0.5, 0.6) is 0 Å². The third kappa shape index (κ3) is 3.26. The van der Waals surface area contributed by atoms with Gasteiger partial charge in [0.15, 0.2) is 0 Å². The van der Waals surface area contributed by atoms with Crippen molar-refractivity contribution in [2.45, 2.75) is 32.2 Å². The molecule has 1 aliphatic heterocycles. The van der Waals surface area contributed by atoms with Crippen LogP contribution in [0.3, 0.4) is 0 Å². The van der Waals surface area contributed by atoms with E-state index in [4.69, 9.17) is 9.52 Å². The number of rotatable bonds is 4. The number of amides is 1. The van der Waals surface area contributed by atoms with Gasteiger partial charge in [-0.3, -0.25) is 9.78 Å². The predicted octanol–water partition coefficient (Wildman–Crippen LogP) is 3.41. The van der Waals surface area contributed by atoms with E-state index in [1.54, 1.807) is 29.6 Å². The summed E-state index contributed by atoms with van der Waals surface area (Å²) in [7, 11) is 0. The molecule has 5 aromatic heterocycles. The van der Waals surface area contributed by atoms with Crippen LogP contribution < -0.4 is 0 Å².